The third kappa shape index (κ3) is 3.06. The molecule has 0 aliphatic heterocycles. The highest BCUT2D eigenvalue weighted by Crippen LogP contribution is 2.21. The van der Waals surface area contributed by atoms with Crippen molar-refractivity contribution in [2.75, 3.05) is 0 Å². The first-order chi connectivity index (χ1) is 10.1. The van der Waals surface area contributed by atoms with Crippen LogP contribution < -0.4 is 4.80 Å². The second kappa shape index (κ2) is 5.84. The van der Waals surface area contributed by atoms with E-state index in [1.165, 1.54) is 11.3 Å². The molecule has 1 aromatic heterocycles. The predicted molar refractivity (Wildman–Crippen MR) is 86.5 cm³/mol. The van der Waals surface area contributed by atoms with Gasteiger partial charge in [0.15, 0.2) is 4.80 Å². The number of carbonyl (C=O) groups is 1. The van der Waals surface area contributed by atoms with Gasteiger partial charge in [0.1, 0.15) is 0 Å². The van der Waals surface area contributed by atoms with Crippen molar-refractivity contribution in [2.24, 2.45) is 12.0 Å². The largest absolute Gasteiger partial charge is 0.319 e. The lowest BCUT2D eigenvalue weighted by Crippen LogP contribution is -2.14. The van der Waals surface area contributed by atoms with E-state index in [0.29, 0.717) is 16.2 Å². The van der Waals surface area contributed by atoms with Gasteiger partial charge in [-0.05, 0) is 23.8 Å². The van der Waals surface area contributed by atoms with Crippen molar-refractivity contribution in [1.82, 2.24) is 4.57 Å². The summed E-state index contributed by atoms with van der Waals surface area (Å²) in [4.78, 5) is 17.0. The molecule has 0 unspecified atom stereocenters. The van der Waals surface area contributed by atoms with Crippen molar-refractivity contribution in [3.8, 4) is 0 Å². The molecule has 3 nitrogen and oxygen atoms in total. The molecule has 0 bridgehead atoms. The first kappa shape index (κ1) is 14.0. The Labute approximate surface area is 131 Å². The number of aryl methyl sites for hydroxylation is 1. The lowest BCUT2D eigenvalue weighted by molar-refractivity contribution is -0.117. The summed E-state index contributed by atoms with van der Waals surface area (Å²) in [6.07, 6.45) is 0.315. The molecule has 0 spiro atoms. The van der Waals surface area contributed by atoms with Crippen LogP contribution in [-0.4, -0.2) is 10.5 Å². The van der Waals surface area contributed by atoms with E-state index in [0.717, 1.165) is 15.8 Å². The zero-order valence-corrected chi connectivity index (χ0v) is 13.0. The van der Waals surface area contributed by atoms with E-state index >= 15 is 0 Å². The topological polar surface area (TPSA) is 34.4 Å². The van der Waals surface area contributed by atoms with Gasteiger partial charge in [-0.3, -0.25) is 4.79 Å². The minimum atomic E-state index is -0.144. The van der Waals surface area contributed by atoms with Gasteiger partial charge in [0.2, 0.25) is 0 Å². The van der Waals surface area contributed by atoms with E-state index in [9.17, 15) is 4.79 Å². The maximum absolute atomic E-state index is 12.1. The molecule has 21 heavy (non-hydrogen) atoms. The van der Waals surface area contributed by atoms with Gasteiger partial charge in [-0.15, -0.1) is 0 Å². The molecule has 1 heterocycles. The molecule has 1 amide bonds. The van der Waals surface area contributed by atoms with Gasteiger partial charge in [-0.2, -0.15) is 4.99 Å². The Kier molecular flexibility index (Phi) is 3.90. The number of rotatable bonds is 2. The fourth-order valence-electron chi connectivity index (χ4n) is 2.13. The van der Waals surface area contributed by atoms with Gasteiger partial charge in [-0.25, -0.2) is 0 Å². The summed E-state index contributed by atoms with van der Waals surface area (Å²) in [5.74, 6) is -0.144. The number of amides is 1. The van der Waals surface area contributed by atoms with Crippen LogP contribution in [0.25, 0.3) is 10.2 Å². The number of fused-ring (bicyclic) bond motifs is 1. The maximum atomic E-state index is 12.1. The van der Waals surface area contributed by atoms with Crippen LogP contribution in [0, 0.1) is 0 Å². The molecule has 3 aromatic rings. The fraction of sp³-hybridized carbons (Fsp3) is 0.125. The number of thiazole rings is 1. The first-order valence-electron chi connectivity index (χ1n) is 6.50. The second-order valence-electron chi connectivity index (χ2n) is 4.72. The van der Waals surface area contributed by atoms with Crippen LogP contribution in [0.1, 0.15) is 5.56 Å². The van der Waals surface area contributed by atoms with Crippen LogP contribution in [-0.2, 0) is 18.3 Å². The summed E-state index contributed by atoms with van der Waals surface area (Å²) in [5, 5.41) is 0.687. The number of nitrogens with zero attached hydrogens (tertiary/aromatic N) is 2. The zero-order valence-electron chi connectivity index (χ0n) is 11.4. The minimum Gasteiger partial charge on any atom is -0.319 e. The molecule has 3 rings (SSSR count). The maximum Gasteiger partial charge on any atom is 0.252 e. The number of halogens is 1. The van der Waals surface area contributed by atoms with Crippen LogP contribution in [0.15, 0.2) is 53.5 Å². The first-order valence-corrected chi connectivity index (χ1v) is 7.69. The van der Waals surface area contributed by atoms with E-state index in [1.807, 2.05) is 60.1 Å². The molecular weight excluding hydrogens is 304 g/mol. The molecule has 0 aliphatic rings. The Bertz CT molecular complexity index is 865. The molecule has 0 saturated carbocycles. The van der Waals surface area contributed by atoms with E-state index in [2.05, 4.69) is 4.99 Å². The number of carbonyl (C=O) groups excluding carboxylic acids is 1. The summed E-state index contributed by atoms with van der Waals surface area (Å²) in [6, 6.07) is 15.3. The van der Waals surface area contributed by atoms with E-state index in [-0.39, 0.29) is 5.91 Å². The fourth-order valence-corrected chi connectivity index (χ4v) is 3.44. The number of aromatic nitrogens is 1. The lowest BCUT2D eigenvalue weighted by Gasteiger charge is -1.97. The highest BCUT2D eigenvalue weighted by Gasteiger charge is 2.06. The number of benzene rings is 2. The number of hydrogen-bond donors (Lipinski definition) is 0. The van der Waals surface area contributed by atoms with Gasteiger partial charge < -0.3 is 4.57 Å². The highest BCUT2D eigenvalue weighted by molar-refractivity contribution is 7.16. The second-order valence-corrected chi connectivity index (χ2v) is 6.17. The molecular formula is C16H13ClN2OS. The summed E-state index contributed by atoms with van der Waals surface area (Å²) in [6.45, 7) is 0. The summed E-state index contributed by atoms with van der Waals surface area (Å²) >= 11 is 7.46. The van der Waals surface area contributed by atoms with Crippen LogP contribution in [0.5, 0.6) is 0 Å². The van der Waals surface area contributed by atoms with Crippen molar-refractivity contribution < 1.29 is 4.79 Å². The monoisotopic (exact) mass is 316 g/mol. The van der Waals surface area contributed by atoms with Crippen molar-refractivity contribution in [3.63, 3.8) is 0 Å². The standard InChI is InChI=1S/C16H13ClN2OS/c1-19-13-8-7-12(17)10-14(13)21-16(19)18-15(20)9-11-5-3-2-4-6-11/h2-8,10H,9H2,1H3. The third-order valence-electron chi connectivity index (χ3n) is 3.19. The van der Waals surface area contributed by atoms with Crippen molar-refractivity contribution >= 4 is 39.1 Å². The zero-order chi connectivity index (χ0) is 14.8. The predicted octanol–water partition coefficient (Wildman–Crippen LogP) is 3.56. The van der Waals surface area contributed by atoms with Crippen LogP contribution in [0.3, 0.4) is 0 Å². The Morgan fingerprint density at radius 1 is 1.24 bits per heavy atom. The Hall–Kier alpha value is -1.91. The molecule has 106 valence electrons. The van der Waals surface area contributed by atoms with Crippen molar-refractivity contribution in [3.05, 3.63) is 63.9 Å². The van der Waals surface area contributed by atoms with E-state index < -0.39 is 0 Å². The molecule has 0 N–H and O–H groups in total. The normalized spacial score (nSPS) is 12.0. The van der Waals surface area contributed by atoms with Crippen LogP contribution in [0.2, 0.25) is 5.02 Å². The summed E-state index contributed by atoms with van der Waals surface area (Å²) in [5.41, 5.74) is 1.99. The third-order valence-corrected chi connectivity index (χ3v) is 4.52. The molecule has 2 aromatic carbocycles. The Morgan fingerprint density at radius 2 is 2.00 bits per heavy atom. The smallest absolute Gasteiger partial charge is 0.252 e. The van der Waals surface area contributed by atoms with Gasteiger partial charge in [-0.1, -0.05) is 53.3 Å². The van der Waals surface area contributed by atoms with E-state index in [4.69, 9.17) is 11.6 Å². The van der Waals surface area contributed by atoms with Crippen molar-refractivity contribution in [2.45, 2.75) is 6.42 Å². The molecule has 0 saturated heterocycles. The SMILES string of the molecule is Cn1c(=NC(=O)Cc2ccccc2)sc2cc(Cl)ccc21. The molecule has 0 atom stereocenters. The van der Waals surface area contributed by atoms with Gasteiger partial charge in [0.05, 0.1) is 16.6 Å². The molecule has 0 radical (unpaired) electrons. The van der Waals surface area contributed by atoms with Crippen LogP contribution >= 0.6 is 22.9 Å². The molecule has 0 aliphatic carbocycles. The van der Waals surface area contributed by atoms with Gasteiger partial charge in [0.25, 0.3) is 5.91 Å². The summed E-state index contributed by atoms with van der Waals surface area (Å²) in [7, 11) is 1.90. The van der Waals surface area contributed by atoms with Crippen molar-refractivity contribution in [1.29, 1.82) is 0 Å². The van der Waals surface area contributed by atoms with Crippen LogP contribution in [0.4, 0.5) is 0 Å². The molecule has 0 fully saturated rings. The highest BCUT2D eigenvalue weighted by atomic mass is 35.5. The molecule has 5 heteroatoms. The average molecular weight is 317 g/mol. The van der Waals surface area contributed by atoms with Gasteiger partial charge in [0, 0.05) is 12.1 Å². The quantitative estimate of drug-likeness (QED) is 0.712. The van der Waals surface area contributed by atoms with E-state index in [1.54, 1.807) is 0 Å². The van der Waals surface area contributed by atoms with Gasteiger partial charge >= 0.3 is 0 Å². The number of hydrogen-bond acceptors (Lipinski definition) is 2. The Balaban J connectivity index is 1.96. The summed E-state index contributed by atoms with van der Waals surface area (Å²) < 4.78 is 2.94. The minimum absolute atomic E-state index is 0.144. The lowest BCUT2D eigenvalue weighted by atomic mass is 10.1. The Morgan fingerprint density at radius 3 is 2.76 bits per heavy atom. The average Bonchev–Trinajstić information content (AvgIpc) is 2.75.